The second-order valence-corrected chi connectivity index (χ2v) is 10.4. The number of rotatable bonds is 8. The fraction of sp³-hybridized carbons (Fsp3) is 0.448. The number of likely N-dealkylation sites (N-methyl/N-ethyl adjacent to an activating group) is 1. The molecule has 4 rings (SSSR count). The van der Waals surface area contributed by atoms with Crippen molar-refractivity contribution < 1.29 is 19.4 Å². The molecule has 1 aromatic heterocycles. The summed E-state index contributed by atoms with van der Waals surface area (Å²) in [5.41, 5.74) is 2.47. The fourth-order valence-corrected chi connectivity index (χ4v) is 4.77. The topological polar surface area (TPSA) is 113 Å². The van der Waals surface area contributed by atoms with Gasteiger partial charge in [0.05, 0.1) is 12.7 Å². The summed E-state index contributed by atoms with van der Waals surface area (Å²) in [5, 5.41) is 22.3. The molecule has 0 radical (unpaired) electrons. The lowest BCUT2D eigenvalue weighted by Crippen LogP contribution is -2.48. The summed E-state index contributed by atoms with van der Waals surface area (Å²) in [6.45, 7) is 14.0. The number of amides is 2. The maximum atomic E-state index is 13.2. The quantitative estimate of drug-likeness (QED) is 0.453. The molecule has 0 bridgehead atoms. The minimum Gasteiger partial charge on any atom is -0.507 e. The van der Waals surface area contributed by atoms with Crippen LogP contribution in [0.5, 0.6) is 11.5 Å². The lowest BCUT2D eigenvalue weighted by Gasteiger charge is -2.34. The molecule has 0 spiro atoms. The van der Waals surface area contributed by atoms with Crippen LogP contribution >= 0.6 is 0 Å². The van der Waals surface area contributed by atoms with Gasteiger partial charge in [-0.15, -0.1) is 10.2 Å². The van der Waals surface area contributed by atoms with Crippen molar-refractivity contribution in [1.29, 1.82) is 0 Å². The second kappa shape index (κ2) is 11.9. The van der Waals surface area contributed by atoms with Crippen LogP contribution in [0.3, 0.4) is 0 Å². The summed E-state index contributed by atoms with van der Waals surface area (Å²) < 4.78 is 7.08. The third-order valence-electron chi connectivity index (χ3n) is 6.98. The molecule has 1 aliphatic rings. The van der Waals surface area contributed by atoms with Gasteiger partial charge in [-0.1, -0.05) is 20.8 Å². The number of phenolic OH excluding ortho intramolecular Hbond substituents is 1. The Labute approximate surface area is 229 Å². The Hall–Kier alpha value is -3.92. The standard InChI is InChI=1S/C29H38N6O4/c1-7-33-12-14-34(15-13-33)29(38)20-8-10-21(11-9-20)35-26(31-32-27(35)28(37)30-19(4)5)23-16-22(18(2)3)25(39-6)17-24(23)36/h8-11,16-19,36H,7,12-15H2,1-6H3,(H,30,37). The molecular formula is C29H38N6O4. The molecule has 208 valence electrons. The van der Waals surface area contributed by atoms with E-state index in [1.165, 1.54) is 0 Å². The normalized spacial score (nSPS) is 14.2. The van der Waals surface area contributed by atoms with Crippen LogP contribution in [0, 0.1) is 0 Å². The van der Waals surface area contributed by atoms with Crippen molar-refractivity contribution in [3.63, 3.8) is 0 Å². The van der Waals surface area contributed by atoms with Crippen LogP contribution in [0.4, 0.5) is 0 Å². The predicted octanol–water partition coefficient (Wildman–Crippen LogP) is 3.69. The first-order valence-corrected chi connectivity index (χ1v) is 13.4. The van der Waals surface area contributed by atoms with E-state index in [-0.39, 0.29) is 29.4 Å². The zero-order valence-electron chi connectivity index (χ0n) is 23.6. The van der Waals surface area contributed by atoms with Crippen molar-refractivity contribution in [2.24, 2.45) is 0 Å². The molecule has 3 aromatic rings. The van der Waals surface area contributed by atoms with Gasteiger partial charge in [0.25, 0.3) is 11.8 Å². The van der Waals surface area contributed by atoms with Crippen molar-refractivity contribution >= 4 is 11.8 Å². The first-order valence-electron chi connectivity index (χ1n) is 13.4. The average Bonchev–Trinajstić information content (AvgIpc) is 3.37. The molecule has 2 heterocycles. The van der Waals surface area contributed by atoms with E-state index in [2.05, 4.69) is 27.3 Å². The molecule has 39 heavy (non-hydrogen) atoms. The number of carbonyl (C=O) groups is 2. The van der Waals surface area contributed by atoms with E-state index in [0.29, 0.717) is 41.5 Å². The van der Waals surface area contributed by atoms with E-state index >= 15 is 0 Å². The SMILES string of the molecule is CCN1CCN(C(=O)c2ccc(-n3c(C(=O)NC(C)C)nnc3-c3cc(C(C)C)c(OC)cc3O)cc2)CC1. The van der Waals surface area contributed by atoms with Gasteiger partial charge >= 0.3 is 0 Å². The highest BCUT2D eigenvalue weighted by Gasteiger charge is 2.26. The van der Waals surface area contributed by atoms with Gasteiger partial charge in [-0.2, -0.15) is 0 Å². The molecule has 2 N–H and O–H groups in total. The molecule has 1 saturated heterocycles. The smallest absolute Gasteiger partial charge is 0.289 e. The summed E-state index contributed by atoms with van der Waals surface area (Å²) >= 11 is 0. The number of piperazine rings is 1. The molecule has 2 amide bonds. The van der Waals surface area contributed by atoms with Crippen LogP contribution in [0.2, 0.25) is 0 Å². The highest BCUT2D eigenvalue weighted by Crippen LogP contribution is 2.38. The summed E-state index contributed by atoms with van der Waals surface area (Å²) in [6.07, 6.45) is 0. The van der Waals surface area contributed by atoms with E-state index in [0.717, 1.165) is 25.2 Å². The molecule has 0 atom stereocenters. The lowest BCUT2D eigenvalue weighted by molar-refractivity contribution is 0.0643. The number of ether oxygens (including phenoxy) is 1. The van der Waals surface area contributed by atoms with Gasteiger partial charge < -0.3 is 25.0 Å². The highest BCUT2D eigenvalue weighted by molar-refractivity contribution is 5.95. The molecule has 1 aliphatic heterocycles. The average molecular weight is 535 g/mol. The number of aromatic hydroxyl groups is 1. The Morgan fingerprint density at radius 3 is 2.26 bits per heavy atom. The van der Waals surface area contributed by atoms with E-state index < -0.39 is 5.91 Å². The number of hydrogen-bond donors (Lipinski definition) is 2. The third-order valence-corrected chi connectivity index (χ3v) is 6.98. The number of carbonyl (C=O) groups excluding carboxylic acids is 2. The van der Waals surface area contributed by atoms with Crippen LogP contribution in [0.1, 0.15) is 67.1 Å². The predicted molar refractivity (Wildman–Crippen MR) is 150 cm³/mol. The van der Waals surface area contributed by atoms with Crippen LogP contribution in [-0.4, -0.2) is 87.4 Å². The van der Waals surface area contributed by atoms with Crippen LogP contribution < -0.4 is 10.1 Å². The molecule has 0 saturated carbocycles. The third kappa shape index (κ3) is 5.90. The Kier molecular flexibility index (Phi) is 8.54. The summed E-state index contributed by atoms with van der Waals surface area (Å²) in [7, 11) is 1.56. The van der Waals surface area contributed by atoms with Crippen LogP contribution in [0.15, 0.2) is 36.4 Å². The van der Waals surface area contributed by atoms with Crippen molar-refractivity contribution in [3.05, 3.63) is 53.3 Å². The van der Waals surface area contributed by atoms with Crippen LogP contribution in [-0.2, 0) is 0 Å². The Bertz CT molecular complexity index is 1320. The molecule has 0 aliphatic carbocycles. The van der Waals surface area contributed by atoms with Crippen molar-refractivity contribution in [2.75, 3.05) is 39.8 Å². The van der Waals surface area contributed by atoms with Gasteiger partial charge in [0.2, 0.25) is 5.82 Å². The molecule has 10 nitrogen and oxygen atoms in total. The van der Waals surface area contributed by atoms with Crippen molar-refractivity contribution in [3.8, 4) is 28.6 Å². The lowest BCUT2D eigenvalue weighted by atomic mass is 9.98. The number of methoxy groups -OCH3 is 1. The number of aromatic nitrogens is 3. The number of nitrogens with zero attached hydrogens (tertiary/aromatic N) is 5. The maximum absolute atomic E-state index is 13.2. The zero-order valence-corrected chi connectivity index (χ0v) is 23.6. The fourth-order valence-electron chi connectivity index (χ4n) is 4.77. The molecule has 1 fully saturated rings. The van der Waals surface area contributed by atoms with Gasteiger partial charge in [-0.3, -0.25) is 14.2 Å². The highest BCUT2D eigenvalue weighted by atomic mass is 16.5. The minimum atomic E-state index is -0.394. The van der Waals surface area contributed by atoms with E-state index in [1.807, 2.05) is 38.7 Å². The second-order valence-electron chi connectivity index (χ2n) is 10.4. The summed E-state index contributed by atoms with van der Waals surface area (Å²) in [4.78, 5) is 30.4. The Balaban J connectivity index is 1.75. The van der Waals surface area contributed by atoms with E-state index in [1.54, 1.807) is 42.0 Å². The molecule has 10 heteroatoms. The van der Waals surface area contributed by atoms with Gasteiger partial charge in [0.1, 0.15) is 11.5 Å². The summed E-state index contributed by atoms with van der Waals surface area (Å²) in [6, 6.07) is 10.3. The Morgan fingerprint density at radius 2 is 1.69 bits per heavy atom. The number of phenols is 1. The minimum absolute atomic E-state index is 0.0200. The Morgan fingerprint density at radius 1 is 1.03 bits per heavy atom. The van der Waals surface area contributed by atoms with Crippen LogP contribution in [0.25, 0.3) is 17.1 Å². The van der Waals surface area contributed by atoms with Gasteiger partial charge in [0.15, 0.2) is 5.82 Å². The number of hydrogen-bond acceptors (Lipinski definition) is 7. The van der Waals surface area contributed by atoms with Gasteiger partial charge in [-0.05, 0) is 62.2 Å². The number of nitrogens with one attached hydrogen (secondary N) is 1. The largest absolute Gasteiger partial charge is 0.507 e. The maximum Gasteiger partial charge on any atom is 0.289 e. The first-order chi connectivity index (χ1) is 18.6. The molecule has 2 aromatic carbocycles. The molecule has 0 unspecified atom stereocenters. The molecular weight excluding hydrogens is 496 g/mol. The van der Waals surface area contributed by atoms with Gasteiger partial charge in [0, 0.05) is 49.5 Å². The first kappa shape index (κ1) is 28.1. The number of benzene rings is 2. The van der Waals surface area contributed by atoms with Crippen molar-refractivity contribution in [2.45, 2.75) is 46.6 Å². The van der Waals surface area contributed by atoms with E-state index in [9.17, 15) is 14.7 Å². The summed E-state index contributed by atoms with van der Waals surface area (Å²) in [5.74, 6) is 0.610. The monoisotopic (exact) mass is 534 g/mol. The zero-order chi connectivity index (χ0) is 28.3. The van der Waals surface area contributed by atoms with E-state index in [4.69, 9.17) is 4.74 Å². The van der Waals surface area contributed by atoms with Gasteiger partial charge in [-0.25, -0.2) is 0 Å². The van der Waals surface area contributed by atoms with Crippen molar-refractivity contribution in [1.82, 2.24) is 29.9 Å².